The summed E-state index contributed by atoms with van der Waals surface area (Å²) >= 11 is 1.78. The monoisotopic (exact) mass is 245 g/mol. The maximum atomic E-state index is 11.7. The predicted molar refractivity (Wildman–Crippen MR) is 64.4 cm³/mol. The fourth-order valence-corrected chi connectivity index (χ4v) is 2.92. The molecule has 0 bridgehead atoms. The first-order chi connectivity index (χ1) is 7.52. The van der Waals surface area contributed by atoms with E-state index in [2.05, 4.69) is 5.32 Å². The van der Waals surface area contributed by atoms with E-state index in [-0.39, 0.29) is 24.3 Å². The van der Waals surface area contributed by atoms with Crippen LogP contribution in [0.5, 0.6) is 0 Å². The van der Waals surface area contributed by atoms with Gasteiger partial charge in [0.05, 0.1) is 5.92 Å². The zero-order chi connectivity index (χ0) is 12.1. The van der Waals surface area contributed by atoms with Crippen molar-refractivity contribution in [1.82, 2.24) is 5.32 Å². The number of amides is 1. The zero-order valence-electron chi connectivity index (χ0n) is 9.73. The van der Waals surface area contributed by atoms with Crippen LogP contribution in [0.3, 0.4) is 0 Å². The molecule has 1 heterocycles. The van der Waals surface area contributed by atoms with Gasteiger partial charge in [-0.25, -0.2) is 0 Å². The van der Waals surface area contributed by atoms with Gasteiger partial charge in [0.25, 0.3) is 0 Å². The molecular weight excluding hydrogens is 226 g/mol. The highest BCUT2D eigenvalue weighted by Crippen LogP contribution is 2.23. The summed E-state index contributed by atoms with van der Waals surface area (Å²) in [5.41, 5.74) is 0. The van der Waals surface area contributed by atoms with E-state index < -0.39 is 11.9 Å². The Labute approximate surface area is 100 Å². The summed E-state index contributed by atoms with van der Waals surface area (Å²) in [5.74, 6) is 0.698. The Morgan fingerprint density at radius 2 is 2.19 bits per heavy atom. The van der Waals surface area contributed by atoms with Crippen molar-refractivity contribution in [2.24, 2.45) is 17.8 Å². The first kappa shape index (κ1) is 13.4. The van der Waals surface area contributed by atoms with Gasteiger partial charge in [-0.3, -0.25) is 9.59 Å². The van der Waals surface area contributed by atoms with Gasteiger partial charge in [-0.05, 0) is 18.1 Å². The molecule has 1 aliphatic heterocycles. The minimum absolute atomic E-state index is 0.0110. The number of thioether (sulfide) groups is 1. The van der Waals surface area contributed by atoms with Crippen molar-refractivity contribution in [2.75, 3.05) is 18.1 Å². The molecule has 5 heteroatoms. The molecule has 16 heavy (non-hydrogen) atoms. The average Bonchev–Trinajstić information content (AvgIpc) is 2.69. The molecule has 0 spiro atoms. The van der Waals surface area contributed by atoms with Crippen LogP contribution in [-0.2, 0) is 9.59 Å². The lowest BCUT2D eigenvalue weighted by Gasteiger charge is -2.18. The van der Waals surface area contributed by atoms with Gasteiger partial charge in [-0.1, -0.05) is 13.8 Å². The second-order valence-electron chi connectivity index (χ2n) is 4.49. The fraction of sp³-hybridized carbons (Fsp3) is 0.818. The topological polar surface area (TPSA) is 66.4 Å². The van der Waals surface area contributed by atoms with E-state index in [4.69, 9.17) is 5.11 Å². The van der Waals surface area contributed by atoms with Gasteiger partial charge in [0.15, 0.2) is 0 Å². The van der Waals surface area contributed by atoms with E-state index in [1.54, 1.807) is 11.8 Å². The van der Waals surface area contributed by atoms with E-state index in [0.717, 1.165) is 17.9 Å². The standard InChI is InChI=1S/C11H19NO3S/c1-7(2)9(11(14)15)5-12-10(13)8-3-4-16-6-8/h7-9H,3-6H2,1-2H3,(H,12,13)(H,14,15). The Kier molecular flexibility index (Phi) is 5.12. The molecule has 4 nitrogen and oxygen atoms in total. The van der Waals surface area contributed by atoms with Crippen LogP contribution >= 0.6 is 11.8 Å². The second kappa shape index (κ2) is 6.13. The average molecular weight is 245 g/mol. The zero-order valence-corrected chi connectivity index (χ0v) is 10.5. The number of carbonyl (C=O) groups is 2. The molecule has 0 radical (unpaired) electrons. The molecule has 2 N–H and O–H groups in total. The van der Waals surface area contributed by atoms with Crippen LogP contribution in [0, 0.1) is 17.8 Å². The van der Waals surface area contributed by atoms with Gasteiger partial charge in [0.2, 0.25) is 5.91 Å². The van der Waals surface area contributed by atoms with E-state index in [1.807, 2.05) is 13.8 Å². The van der Waals surface area contributed by atoms with E-state index >= 15 is 0 Å². The summed E-state index contributed by atoms with van der Waals surface area (Å²) in [6.07, 6.45) is 0.913. The summed E-state index contributed by atoms with van der Waals surface area (Å²) in [7, 11) is 0. The first-order valence-corrected chi connectivity index (χ1v) is 6.76. The molecule has 92 valence electrons. The smallest absolute Gasteiger partial charge is 0.308 e. The molecule has 0 aromatic rings. The molecule has 1 aliphatic rings. The molecule has 1 fully saturated rings. The van der Waals surface area contributed by atoms with Gasteiger partial charge in [0.1, 0.15) is 0 Å². The van der Waals surface area contributed by atoms with E-state index in [0.29, 0.717) is 0 Å². The Balaban J connectivity index is 2.36. The Bertz CT molecular complexity index is 262. The Morgan fingerprint density at radius 3 is 2.62 bits per heavy atom. The number of hydrogen-bond donors (Lipinski definition) is 2. The van der Waals surface area contributed by atoms with Crippen LogP contribution in [-0.4, -0.2) is 35.0 Å². The SMILES string of the molecule is CC(C)C(CNC(=O)C1CCSC1)C(=O)O. The number of carboxylic acid groups (broad SMARTS) is 1. The molecule has 1 rings (SSSR count). The Hall–Kier alpha value is -0.710. The predicted octanol–water partition coefficient (Wildman–Crippen LogP) is 1.21. The summed E-state index contributed by atoms with van der Waals surface area (Å²) in [5, 5.41) is 11.7. The number of carbonyl (C=O) groups excluding carboxylic acids is 1. The third-order valence-electron chi connectivity index (χ3n) is 2.92. The lowest BCUT2D eigenvalue weighted by atomic mass is 9.96. The molecule has 1 amide bonds. The molecule has 0 aliphatic carbocycles. The summed E-state index contributed by atoms with van der Waals surface area (Å²) < 4.78 is 0. The normalized spacial score (nSPS) is 22.1. The summed E-state index contributed by atoms with van der Waals surface area (Å²) in [6.45, 7) is 3.96. The third kappa shape index (κ3) is 3.70. The molecule has 1 saturated heterocycles. The van der Waals surface area contributed by atoms with Gasteiger partial charge < -0.3 is 10.4 Å². The van der Waals surface area contributed by atoms with Crippen molar-refractivity contribution in [3.63, 3.8) is 0 Å². The highest BCUT2D eigenvalue weighted by molar-refractivity contribution is 7.99. The second-order valence-corrected chi connectivity index (χ2v) is 5.64. The molecule has 0 saturated carbocycles. The van der Waals surface area contributed by atoms with Crippen LogP contribution < -0.4 is 5.32 Å². The lowest BCUT2D eigenvalue weighted by Crippen LogP contribution is -2.38. The first-order valence-electron chi connectivity index (χ1n) is 5.60. The van der Waals surface area contributed by atoms with Crippen molar-refractivity contribution < 1.29 is 14.7 Å². The van der Waals surface area contributed by atoms with Crippen LogP contribution in [0.15, 0.2) is 0 Å². The molecular formula is C11H19NO3S. The van der Waals surface area contributed by atoms with Gasteiger partial charge >= 0.3 is 5.97 Å². The summed E-state index contributed by atoms with van der Waals surface area (Å²) in [4.78, 5) is 22.6. The number of rotatable bonds is 5. The van der Waals surface area contributed by atoms with Gasteiger partial charge in [-0.2, -0.15) is 11.8 Å². The van der Waals surface area contributed by atoms with Gasteiger partial charge in [-0.15, -0.1) is 0 Å². The molecule has 2 atom stereocenters. The lowest BCUT2D eigenvalue weighted by molar-refractivity contribution is -0.143. The van der Waals surface area contributed by atoms with Crippen LogP contribution in [0.25, 0.3) is 0 Å². The highest BCUT2D eigenvalue weighted by atomic mass is 32.2. The fourth-order valence-electron chi connectivity index (χ4n) is 1.70. The maximum absolute atomic E-state index is 11.7. The van der Waals surface area contributed by atoms with Crippen LogP contribution in [0.1, 0.15) is 20.3 Å². The minimum Gasteiger partial charge on any atom is -0.481 e. The highest BCUT2D eigenvalue weighted by Gasteiger charge is 2.26. The summed E-state index contributed by atoms with van der Waals surface area (Å²) in [6, 6.07) is 0. The van der Waals surface area contributed by atoms with Crippen LogP contribution in [0.2, 0.25) is 0 Å². The quantitative estimate of drug-likeness (QED) is 0.764. The number of aliphatic carboxylic acids is 1. The van der Waals surface area contributed by atoms with Crippen molar-refractivity contribution in [1.29, 1.82) is 0 Å². The third-order valence-corrected chi connectivity index (χ3v) is 4.08. The largest absolute Gasteiger partial charge is 0.481 e. The van der Waals surface area contributed by atoms with Crippen molar-refractivity contribution in [3.05, 3.63) is 0 Å². The molecule has 2 unspecified atom stereocenters. The number of nitrogens with one attached hydrogen (secondary N) is 1. The molecule has 0 aromatic carbocycles. The van der Waals surface area contributed by atoms with Gasteiger partial charge in [0, 0.05) is 18.2 Å². The molecule has 0 aromatic heterocycles. The van der Waals surface area contributed by atoms with Crippen molar-refractivity contribution in [2.45, 2.75) is 20.3 Å². The minimum atomic E-state index is -0.837. The number of carboxylic acids is 1. The Morgan fingerprint density at radius 1 is 1.50 bits per heavy atom. The van der Waals surface area contributed by atoms with E-state index in [1.165, 1.54) is 0 Å². The van der Waals surface area contributed by atoms with Crippen molar-refractivity contribution >= 4 is 23.6 Å². The maximum Gasteiger partial charge on any atom is 0.308 e. The van der Waals surface area contributed by atoms with Crippen LogP contribution in [0.4, 0.5) is 0 Å². The number of hydrogen-bond acceptors (Lipinski definition) is 3. The van der Waals surface area contributed by atoms with Crippen molar-refractivity contribution in [3.8, 4) is 0 Å². The van der Waals surface area contributed by atoms with E-state index in [9.17, 15) is 9.59 Å².